The lowest BCUT2D eigenvalue weighted by atomic mass is 10.3. The maximum Gasteiger partial charge on any atom is 0.210 e. The first kappa shape index (κ1) is 14.7. The zero-order valence-electron chi connectivity index (χ0n) is 10.6. The molecule has 0 unspecified atom stereocenters. The van der Waals surface area contributed by atoms with Crippen LogP contribution in [0, 0.1) is 0 Å². The molecule has 0 amide bonds. The maximum absolute atomic E-state index is 10.8. The number of rotatable bonds is 7. The summed E-state index contributed by atoms with van der Waals surface area (Å²) in [7, 11) is -1.68. The third-order valence-corrected chi connectivity index (χ3v) is 2.97. The smallest absolute Gasteiger partial charge is 0.210 e. The van der Waals surface area contributed by atoms with Crippen LogP contribution >= 0.6 is 0 Å². The number of hydrogen-bond acceptors (Lipinski definition) is 6. The highest BCUT2D eigenvalue weighted by atomic mass is 32.2. The number of anilines is 2. The summed E-state index contributed by atoms with van der Waals surface area (Å²) >= 11 is 0. The van der Waals surface area contributed by atoms with Gasteiger partial charge in [-0.05, 0) is 6.42 Å². The van der Waals surface area contributed by atoms with E-state index in [-0.39, 0.29) is 12.3 Å². The second-order valence-electron chi connectivity index (χ2n) is 3.85. The van der Waals surface area contributed by atoms with Gasteiger partial charge in [0, 0.05) is 26.1 Å². The second-order valence-corrected chi connectivity index (χ2v) is 5.58. The van der Waals surface area contributed by atoms with Crippen molar-refractivity contribution in [3.8, 4) is 0 Å². The lowest BCUT2D eigenvalue weighted by molar-refractivity contribution is 0.598. The van der Waals surface area contributed by atoms with E-state index in [1.165, 1.54) is 0 Å². The van der Waals surface area contributed by atoms with Crippen molar-refractivity contribution >= 4 is 21.7 Å². The minimum atomic E-state index is -3.45. The van der Waals surface area contributed by atoms with Gasteiger partial charge in [-0.25, -0.2) is 23.5 Å². The molecule has 0 saturated heterocycles. The van der Waals surface area contributed by atoms with E-state index in [1.807, 2.05) is 6.92 Å². The van der Waals surface area contributed by atoms with E-state index in [9.17, 15) is 8.42 Å². The highest BCUT2D eigenvalue weighted by Gasteiger charge is 2.05. The van der Waals surface area contributed by atoms with Gasteiger partial charge in [0.1, 0.15) is 17.5 Å². The van der Waals surface area contributed by atoms with Crippen molar-refractivity contribution in [3.63, 3.8) is 0 Å². The van der Waals surface area contributed by atoms with Crippen molar-refractivity contribution in [1.82, 2.24) is 9.97 Å². The van der Waals surface area contributed by atoms with Crippen LogP contribution in [0.1, 0.15) is 19.2 Å². The van der Waals surface area contributed by atoms with Crippen molar-refractivity contribution in [1.29, 1.82) is 0 Å². The number of nitrogens with one attached hydrogen (secondary N) is 2. The summed E-state index contributed by atoms with van der Waals surface area (Å²) in [4.78, 5) is 8.59. The molecule has 1 heterocycles. The van der Waals surface area contributed by atoms with Crippen LogP contribution in [-0.4, -0.2) is 37.7 Å². The Morgan fingerprint density at radius 3 is 2.56 bits per heavy atom. The molecule has 0 aliphatic carbocycles. The minimum Gasteiger partial charge on any atom is -0.373 e. The fourth-order valence-electron chi connectivity index (χ4n) is 1.37. The Morgan fingerprint density at radius 2 is 2.00 bits per heavy atom. The summed E-state index contributed by atoms with van der Waals surface area (Å²) in [5.41, 5.74) is 0. The third-order valence-electron chi connectivity index (χ3n) is 2.19. The normalized spacial score (nSPS) is 11.3. The molecule has 0 fully saturated rings. The molecule has 8 heteroatoms. The van der Waals surface area contributed by atoms with Crippen molar-refractivity contribution < 1.29 is 8.42 Å². The number of sulfonamides is 1. The molecule has 4 N–H and O–H groups in total. The molecule has 1 aromatic heterocycles. The molecule has 0 spiro atoms. The largest absolute Gasteiger partial charge is 0.373 e. The van der Waals surface area contributed by atoms with Gasteiger partial charge in [0.25, 0.3) is 0 Å². The van der Waals surface area contributed by atoms with E-state index < -0.39 is 10.0 Å². The predicted molar refractivity (Wildman–Crippen MR) is 72.0 cm³/mol. The highest BCUT2D eigenvalue weighted by molar-refractivity contribution is 7.89. The van der Waals surface area contributed by atoms with Crippen LogP contribution in [0.5, 0.6) is 0 Å². The molecule has 1 aromatic rings. The van der Waals surface area contributed by atoms with Crippen molar-refractivity contribution in [2.75, 3.05) is 30.0 Å². The number of hydrogen-bond donors (Lipinski definition) is 3. The Kier molecular flexibility index (Phi) is 5.29. The van der Waals surface area contributed by atoms with Gasteiger partial charge < -0.3 is 10.6 Å². The fraction of sp³-hybridized carbons (Fsp3) is 0.600. The van der Waals surface area contributed by atoms with Crippen LogP contribution in [0.25, 0.3) is 0 Å². The molecule has 0 aliphatic heterocycles. The molecule has 1 rings (SSSR count). The summed E-state index contributed by atoms with van der Waals surface area (Å²) in [6.07, 6.45) is 1.73. The molecule has 0 aromatic carbocycles. The predicted octanol–water partition coefficient (Wildman–Crippen LogP) is 0.171. The Hall–Kier alpha value is -1.41. The first-order valence-electron chi connectivity index (χ1n) is 5.74. The molecule has 0 aliphatic rings. The van der Waals surface area contributed by atoms with Crippen molar-refractivity contribution in [3.05, 3.63) is 11.9 Å². The molecule has 7 nitrogen and oxygen atoms in total. The van der Waals surface area contributed by atoms with E-state index in [1.54, 1.807) is 13.1 Å². The summed E-state index contributed by atoms with van der Waals surface area (Å²) in [6, 6.07) is 1.72. The molecule has 0 atom stereocenters. The van der Waals surface area contributed by atoms with E-state index >= 15 is 0 Å². The molecule has 18 heavy (non-hydrogen) atoms. The van der Waals surface area contributed by atoms with Gasteiger partial charge >= 0.3 is 0 Å². The van der Waals surface area contributed by atoms with E-state index in [0.717, 1.165) is 18.7 Å². The van der Waals surface area contributed by atoms with E-state index in [0.29, 0.717) is 11.6 Å². The summed E-state index contributed by atoms with van der Waals surface area (Å²) in [5, 5.41) is 10.8. The minimum absolute atomic E-state index is 0.130. The van der Waals surface area contributed by atoms with Gasteiger partial charge in [-0.2, -0.15) is 0 Å². The molecule has 0 bridgehead atoms. The zero-order chi connectivity index (χ0) is 13.6. The van der Waals surface area contributed by atoms with Crippen molar-refractivity contribution in [2.45, 2.75) is 19.8 Å². The van der Waals surface area contributed by atoms with Crippen LogP contribution in [0.4, 0.5) is 11.6 Å². The first-order valence-corrected chi connectivity index (χ1v) is 7.46. The Balaban J connectivity index is 2.72. The van der Waals surface area contributed by atoms with Crippen LogP contribution in [-0.2, 0) is 16.4 Å². The topological polar surface area (TPSA) is 110 Å². The SMILES string of the molecule is CCCc1nc(NC)cc(NCCS(N)(=O)=O)n1. The second kappa shape index (κ2) is 6.50. The number of aromatic nitrogens is 2. The zero-order valence-corrected chi connectivity index (χ0v) is 11.4. The van der Waals surface area contributed by atoms with Gasteiger partial charge in [0.15, 0.2) is 0 Å². The first-order chi connectivity index (χ1) is 8.44. The van der Waals surface area contributed by atoms with E-state index in [2.05, 4.69) is 20.6 Å². The molecular formula is C10H19N5O2S. The summed E-state index contributed by atoms with van der Waals surface area (Å²) in [5.74, 6) is 1.89. The number of nitrogens with two attached hydrogens (primary N) is 1. The molecular weight excluding hydrogens is 254 g/mol. The monoisotopic (exact) mass is 273 g/mol. The van der Waals surface area contributed by atoms with Gasteiger partial charge in [-0.1, -0.05) is 6.92 Å². The number of primary sulfonamides is 1. The van der Waals surface area contributed by atoms with Gasteiger partial charge in [-0.15, -0.1) is 0 Å². The summed E-state index contributed by atoms with van der Waals surface area (Å²) < 4.78 is 21.6. The summed E-state index contributed by atoms with van der Waals surface area (Å²) in [6.45, 7) is 2.27. The third kappa shape index (κ3) is 5.28. The van der Waals surface area contributed by atoms with Crippen LogP contribution in [0.2, 0.25) is 0 Å². The molecule has 0 radical (unpaired) electrons. The average molecular weight is 273 g/mol. The lowest BCUT2D eigenvalue weighted by Crippen LogP contribution is -2.22. The van der Waals surface area contributed by atoms with Gasteiger partial charge in [0.05, 0.1) is 5.75 Å². The van der Waals surface area contributed by atoms with Crippen LogP contribution in [0.15, 0.2) is 6.07 Å². The average Bonchev–Trinajstić information content (AvgIpc) is 2.27. The maximum atomic E-state index is 10.8. The van der Waals surface area contributed by atoms with Crippen molar-refractivity contribution in [2.24, 2.45) is 5.14 Å². The van der Waals surface area contributed by atoms with Gasteiger partial charge in [-0.3, -0.25) is 0 Å². The fourth-order valence-corrected chi connectivity index (χ4v) is 1.76. The lowest BCUT2D eigenvalue weighted by Gasteiger charge is -2.09. The van der Waals surface area contributed by atoms with Crippen LogP contribution in [0.3, 0.4) is 0 Å². The van der Waals surface area contributed by atoms with E-state index in [4.69, 9.17) is 5.14 Å². The van der Waals surface area contributed by atoms with Crippen LogP contribution < -0.4 is 15.8 Å². The number of aryl methyl sites for hydroxylation is 1. The highest BCUT2D eigenvalue weighted by Crippen LogP contribution is 2.11. The Morgan fingerprint density at radius 1 is 1.33 bits per heavy atom. The number of nitrogens with zero attached hydrogens (tertiary/aromatic N) is 2. The standard InChI is InChI=1S/C10H19N5O2S/c1-3-4-8-14-9(12-2)7-10(15-8)13-5-6-18(11,16)17/h7H,3-6H2,1-2H3,(H2,11,16,17)(H2,12,13,14,15). The molecule has 102 valence electrons. The quantitative estimate of drug-likeness (QED) is 0.653. The molecule has 0 saturated carbocycles. The Bertz CT molecular complexity index is 489. The Labute approximate surface area is 107 Å². The van der Waals surface area contributed by atoms with Gasteiger partial charge in [0.2, 0.25) is 10.0 Å².